The maximum atomic E-state index is 12.6. The molecule has 1 rings (SSSR count). The average molecular weight is 453 g/mol. The highest BCUT2D eigenvalue weighted by Gasteiger charge is 2.30. The monoisotopic (exact) mass is 453 g/mol. The molecule has 1 aromatic carbocycles. The Morgan fingerprint density at radius 3 is 2.54 bits per heavy atom. The van der Waals surface area contributed by atoms with Crippen LogP contribution in [-0.4, -0.2) is 26.1 Å². The first-order valence-corrected chi connectivity index (χ1v) is 7.43. The van der Waals surface area contributed by atoms with Crippen LogP contribution in [0.15, 0.2) is 29.3 Å². The van der Waals surface area contributed by atoms with Gasteiger partial charge in [-0.3, -0.25) is 4.99 Å². The summed E-state index contributed by atoms with van der Waals surface area (Å²) in [5.74, 6) is 6.74. The molecule has 1 aromatic rings. The van der Waals surface area contributed by atoms with Crippen LogP contribution in [0.2, 0.25) is 0 Å². The van der Waals surface area contributed by atoms with Crippen LogP contribution in [0.3, 0.4) is 0 Å². The van der Waals surface area contributed by atoms with Gasteiger partial charge in [-0.1, -0.05) is 31.8 Å². The van der Waals surface area contributed by atoms with Crippen molar-refractivity contribution in [1.29, 1.82) is 0 Å². The summed E-state index contributed by atoms with van der Waals surface area (Å²) in [7, 11) is 1.66. The topological polar surface area (TPSA) is 36.4 Å². The summed E-state index contributed by atoms with van der Waals surface area (Å²) >= 11 is 0. The molecule has 2 N–H and O–H groups in total. The molecule has 0 amide bonds. The van der Waals surface area contributed by atoms with Crippen LogP contribution >= 0.6 is 24.0 Å². The number of hydrogen-bond donors (Lipinski definition) is 2. The van der Waals surface area contributed by atoms with E-state index in [-0.39, 0.29) is 24.0 Å². The van der Waals surface area contributed by atoms with E-state index in [0.29, 0.717) is 24.0 Å². The lowest BCUT2D eigenvalue weighted by Gasteiger charge is -2.10. The predicted molar refractivity (Wildman–Crippen MR) is 103 cm³/mol. The number of alkyl halides is 3. The first kappa shape index (κ1) is 22.6. The fourth-order valence-corrected chi connectivity index (χ4v) is 1.75. The number of nitrogens with zero attached hydrogens (tertiary/aromatic N) is 1. The van der Waals surface area contributed by atoms with Crippen LogP contribution in [0, 0.1) is 17.8 Å². The Kier molecular flexibility index (Phi) is 10.5. The second-order valence-electron chi connectivity index (χ2n) is 5.42. The third-order valence-corrected chi connectivity index (χ3v) is 3.00. The molecule has 3 nitrogen and oxygen atoms in total. The highest BCUT2D eigenvalue weighted by Crippen LogP contribution is 2.29. The van der Waals surface area contributed by atoms with E-state index >= 15 is 0 Å². The van der Waals surface area contributed by atoms with Crippen LogP contribution in [0.25, 0.3) is 0 Å². The fourth-order valence-electron chi connectivity index (χ4n) is 1.75. The van der Waals surface area contributed by atoms with Crippen molar-refractivity contribution in [1.82, 2.24) is 10.6 Å². The van der Waals surface area contributed by atoms with Crippen molar-refractivity contribution in [2.45, 2.75) is 26.4 Å². The number of halogens is 4. The maximum absolute atomic E-state index is 12.6. The number of hydrogen-bond acceptors (Lipinski definition) is 1. The minimum Gasteiger partial charge on any atom is -0.356 e. The fraction of sp³-hybridized carbons (Fsp3) is 0.471. The summed E-state index contributed by atoms with van der Waals surface area (Å²) in [6, 6.07) is 4.98. The standard InChI is InChI=1S/C17H22F3N3.HI/c1-13(2)9-11-23-16(21-3)22-10-5-7-14-6-4-8-15(12-14)17(18,19)20;/h4,6,8,12-13H,9-11H2,1-3H3,(H2,21,22,23);1H. The Morgan fingerprint density at radius 1 is 1.25 bits per heavy atom. The minimum atomic E-state index is -4.35. The molecule has 134 valence electrons. The van der Waals surface area contributed by atoms with Crippen LogP contribution in [0.5, 0.6) is 0 Å². The van der Waals surface area contributed by atoms with Crippen molar-refractivity contribution in [2.24, 2.45) is 10.9 Å². The summed E-state index contributed by atoms with van der Waals surface area (Å²) in [5.41, 5.74) is -0.354. The maximum Gasteiger partial charge on any atom is 0.416 e. The van der Waals surface area contributed by atoms with E-state index in [1.54, 1.807) is 13.1 Å². The zero-order valence-electron chi connectivity index (χ0n) is 14.0. The Bertz CT molecular complexity index is 587. The van der Waals surface area contributed by atoms with Gasteiger partial charge in [-0.15, -0.1) is 24.0 Å². The van der Waals surface area contributed by atoms with Gasteiger partial charge in [0.25, 0.3) is 0 Å². The molecule has 0 fully saturated rings. The second-order valence-corrected chi connectivity index (χ2v) is 5.42. The van der Waals surface area contributed by atoms with Gasteiger partial charge in [0.1, 0.15) is 0 Å². The van der Waals surface area contributed by atoms with E-state index in [9.17, 15) is 13.2 Å². The molecular weight excluding hydrogens is 430 g/mol. The van der Waals surface area contributed by atoms with Gasteiger partial charge in [0.2, 0.25) is 0 Å². The van der Waals surface area contributed by atoms with Crippen molar-refractivity contribution < 1.29 is 13.2 Å². The molecule has 0 unspecified atom stereocenters. The van der Waals surface area contributed by atoms with Crippen molar-refractivity contribution >= 4 is 29.9 Å². The van der Waals surface area contributed by atoms with Crippen LogP contribution < -0.4 is 10.6 Å². The van der Waals surface area contributed by atoms with E-state index in [2.05, 4.69) is 41.3 Å². The molecule has 0 spiro atoms. The molecule has 0 aliphatic rings. The lowest BCUT2D eigenvalue weighted by Crippen LogP contribution is -2.38. The number of rotatable bonds is 4. The minimum absolute atomic E-state index is 0. The van der Waals surface area contributed by atoms with E-state index in [1.807, 2.05) is 0 Å². The van der Waals surface area contributed by atoms with Gasteiger partial charge in [0, 0.05) is 19.2 Å². The molecule has 0 saturated carbocycles. The number of nitrogens with one attached hydrogen (secondary N) is 2. The smallest absolute Gasteiger partial charge is 0.356 e. The molecular formula is C17H23F3IN3. The largest absolute Gasteiger partial charge is 0.416 e. The van der Waals surface area contributed by atoms with Crippen molar-refractivity contribution in [2.75, 3.05) is 20.1 Å². The second kappa shape index (κ2) is 11.2. The quantitative estimate of drug-likeness (QED) is 0.314. The van der Waals surface area contributed by atoms with Crippen LogP contribution in [0.4, 0.5) is 13.2 Å². The summed E-state index contributed by atoms with van der Waals surface area (Å²) in [5, 5.41) is 6.15. The number of guanidine groups is 1. The summed E-state index contributed by atoms with van der Waals surface area (Å²) < 4.78 is 37.8. The van der Waals surface area contributed by atoms with Crippen molar-refractivity contribution in [3.63, 3.8) is 0 Å². The molecule has 0 radical (unpaired) electrons. The summed E-state index contributed by atoms with van der Waals surface area (Å²) in [6.45, 7) is 5.38. The van der Waals surface area contributed by atoms with Gasteiger partial charge < -0.3 is 10.6 Å². The van der Waals surface area contributed by atoms with Gasteiger partial charge in [0.15, 0.2) is 5.96 Å². The highest BCUT2D eigenvalue weighted by atomic mass is 127. The van der Waals surface area contributed by atoms with E-state index < -0.39 is 11.7 Å². The Hall–Kier alpha value is -1.43. The van der Waals surface area contributed by atoms with E-state index in [4.69, 9.17) is 0 Å². The predicted octanol–water partition coefficient (Wildman–Crippen LogP) is 3.89. The highest BCUT2D eigenvalue weighted by molar-refractivity contribution is 14.0. The third-order valence-electron chi connectivity index (χ3n) is 3.00. The Balaban J connectivity index is 0.00000529. The number of aliphatic imine (C=N–C) groups is 1. The lowest BCUT2D eigenvalue weighted by atomic mass is 10.1. The Morgan fingerprint density at radius 2 is 1.96 bits per heavy atom. The van der Waals surface area contributed by atoms with E-state index in [1.165, 1.54) is 6.07 Å². The lowest BCUT2D eigenvalue weighted by molar-refractivity contribution is -0.137. The first-order valence-electron chi connectivity index (χ1n) is 7.43. The van der Waals surface area contributed by atoms with Gasteiger partial charge >= 0.3 is 6.18 Å². The summed E-state index contributed by atoms with van der Waals surface area (Å²) in [6.07, 6.45) is -3.32. The van der Waals surface area contributed by atoms with Gasteiger partial charge in [0.05, 0.1) is 12.1 Å². The van der Waals surface area contributed by atoms with E-state index in [0.717, 1.165) is 25.1 Å². The zero-order valence-corrected chi connectivity index (χ0v) is 16.3. The van der Waals surface area contributed by atoms with Crippen LogP contribution in [-0.2, 0) is 6.18 Å². The first-order chi connectivity index (χ1) is 10.8. The normalized spacial score (nSPS) is 11.4. The zero-order chi connectivity index (χ0) is 17.3. The van der Waals surface area contributed by atoms with Gasteiger partial charge in [-0.05, 0) is 30.5 Å². The van der Waals surface area contributed by atoms with Crippen LogP contribution in [0.1, 0.15) is 31.4 Å². The molecule has 7 heteroatoms. The molecule has 0 aromatic heterocycles. The average Bonchev–Trinajstić information content (AvgIpc) is 2.48. The molecule has 0 aliphatic carbocycles. The summed E-state index contributed by atoms with van der Waals surface area (Å²) in [4.78, 5) is 4.05. The molecule has 24 heavy (non-hydrogen) atoms. The van der Waals surface area contributed by atoms with Gasteiger partial charge in [-0.25, -0.2) is 0 Å². The molecule has 0 atom stereocenters. The molecule has 0 saturated heterocycles. The molecule has 0 heterocycles. The van der Waals surface area contributed by atoms with Crippen molar-refractivity contribution in [3.8, 4) is 11.8 Å². The number of benzene rings is 1. The third kappa shape index (κ3) is 9.01. The van der Waals surface area contributed by atoms with Gasteiger partial charge in [-0.2, -0.15) is 13.2 Å². The Labute approximate surface area is 158 Å². The van der Waals surface area contributed by atoms with Crippen molar-refractivity contribution in [3.05, 3.63) is 35.4 Å². The molecule has 0 aliphatic heterocycles. The molecule has 0 bridgehead atoms. The SMILES string of the molecule is CN=C(NCC#Cc1cccc(C(F)(F)F)c1)NCCC(C)C.I.